The average Bonchev–Trinajstić information content (AvgIpc) is 3.06. The van der Waals surface area contributed by atoms with Gasteiger partial charge in [-0.3, -0.25) is 14.5 Å². The van der Waals surface area contributed by atoms with E-state index in [1.54, 1.807) is 11.3 Å². The molecule has 1 saturated carbocycles. The maximum Gasteiger partial charge on any atom is 0.325 e. The zero-order valence-electron chi connectivity index (χ0n) is 14.1. The van der Waals surface area contributed by atoms with Gasteiger partial charge in [-0.1, -0.05) is 19.8 Å². The van der Waals surface area contributed by atoms with Gasteiger partial charge in [0.2, 0.25) is 5.91 Å². The fourth-order valence-corrected chi connectivity index (χ4v) is 4.45. The van der Waals surface area contributed by atoms with Crippen LogP contribution in [0.2, 0.25) is 0 Å². The topological polar surface area (TPSA) is 78.5 Å². The smallest absolute Gasteiger partial charge is 0.325 e. The van der Waals surface area contributed by atoms with Crippen molar-refractivity contribution in [2.45, 2.75) is 51.6 Å². The number of aryl methyl sites for hydroxylation is 1. The first kappa shape index (κ1) is 17.0. The lowest BCUT2D eigenvalue weighted by Gasteiger charge is -2.36. The lowest BCUT2D eigenvalue weighted by molar-refractivity contribution is -0.137. The number of rotatable bonds is 4. The largest absolute Gasteiger partial charge is 0.350 e. The summed E-state index contributed by atoms with van der Waals surface area (Å²) < 4.78 is 0. The first-order valence-electron chi connectivity index (χ1n) is 8.38. The highest BCUT2D eigenvalue weighted by molar-refractivity contribution is 7.10. The summed E-state index contributed by atoms with van der Waals surface area (Å²) in [6, 6.07) is 1.55. The predicted molar refractivity (Wildman–Crippen MR) is 91.5 cm³/mol. The van der Waals surface area contributed by atoms with E-state index in [0.29, 0.717) is 13.0 Å². The molecule has 6 nitrogen and oxygen atoms in total. The van der Waals surface area contributed by atoms with E-state index in [2.05, 4.69) is 10.6 Å². The van der Waals surface area contributed by atoms with Crippen molar-refractivity contribution in [3.05, 3.63) is 21.9 Å². The third-order valence-corrected chi connectivity index (χ3v) is 6.24. The van der Waals surface area contributed by atoms with Crippen LogP contribution in [0.1, 0.15) is 43.0 Å². The second-order valence-electron chi connectivity index (χ2n) is 6.74. The van der Waals surface area contributed by atoms with Crippen molar-refractivity contribution in [3.8, 4) is 0 Å². The highest BCUT2D eigenvalue weighted by Crippen LogP contribution is 2.38. The van der Waals surface area contributed by atoms with Gasteiger partial charge in [0.1, 0.15) is 12.1 Å². The van der Waals surface area contributed by atoms with E-state index in [1.165, 1.54) is 0 Å². The van der Waals surface area contributed by atoms with Crippen LogP contribution in [-0.4, -0.2) is 34.8 Å². The Bertz CT molecular complexity index is 672. The Kier molecular flexibility index (Phi) is 4.62. The van der Waals surface area contributed by atoms with Crippen LogP contribution in [0.3, 0.4) is 0 Å². The van der Waals surface area contributed by atoms with Crippen molar-refractivity contribution >= 4 is 29.2 Å². The molecule has 1 aromatic rings. The van der Waals surface area contributed by atoms with E-state index < -0.39 is 11.6 Å². The molecular weight excluding hydrogens is 326 g/mol. The van der Waals surface area contributed by atoms with Gasteiger partial charge in [0, 0.05) is 4.88 Å². The van der Waals surface area contributed by atoms with Crippen molar-refractivity contribution in [2.24, 2.45) is 5.92 Å². The molecule has 1 spiro atoms. The number of carbonyl (C=O) groups excluding carboxylic acids is 3. The molecule has 2 fully saturated rings. The van der Waals surface area contributed by atoms with Crippen molar-refractivity contribution in [3.63, 3.8) is 0 Å². The first-order valence-corrected chi connectivity index (χ1v) is 9.26. The second-order valence-corrected chi connectivity index (χ2v) is 7.74. The Labute approximate surface area is 145 Å². The van der Waals surface area contributed by atoms with Crippen molar-refractivity contribution in [1.29, 1.82) is 0 Å². The molecule has 2 heterocycles. The van der Waals surface area contributed by atoms with Crippen LogP contribution >= 0.6 is 11.3 Å². The third kappa shape index (κ3) is 2.92. The van der Waals surface area contributed by atoms with E-state index in [0.717, 1.165) is 34.6 Å². The average molecular weight is 349 g/mol. The molecule has 2 aliphatic rings. The number of hydrogen-bond donors (Lipinski definition) is 2. The fraction of sp³-hybridized carbons (Fsp3) is 0.588. The SMILES string of the molecule is Cc1ccsc1CNC(=O)CN1C(=O)NC2(CCCCC2C)C1=O. The normalized spacial score (nSPS) is 26.8. The molecule has 130 valence electrons. The number of hydrogen-bond acceptors (Lipinski definition) is 4. The van der Waals surface area contributed by atoms with E-state index in [-0.39, 0.29) is 24.3 Å². The fourth-order valence-electron chi connectivity index (χ4n) is 3.60. The van der Waals surface area contributed by atoms with Crippen LogP contribution in [0.5, 0.6) is 0 Å². The summed E-state index contributed by atoms with van der Waals surface area (Å²) in [4.78, 5) is 39.4. The quantitative estimate of drug-likeness (QED) is 0.818. The Hall–Kier alpha value is -1.89. The van der Waals surface area contributed by atoms with Gasteiger partial charge in [-0.2, -0.15) is 0 Å². The van der Waals surface area contributed by atoms with E-state index in [4.69, 9.17) is 0 Å². The molecular formula is C17H23N3O3S. The molecule has 1 aliphatic heterocycles. The minimum Gasteiger partial charge on any atom is -0.350 e. The van der Waals surface area contributed by atoms with Gasteiger partial charge in [-0.25, -0.2) is 4.79 Å². The van der Waals surface area contributed by atoms with E-state index in [9.17, 15) is 14.4 Å². The number of urea groups is 1. The first-order chi connectivity index (χ1) is 11.4. The van der Waals surface area contributed by atoms with Gasteiger partial charge >= 0.3 is 6.03 Å². The number of imide groups is 1. The summed E-state index contributed by atoms with van der Waals surface area (Å²) in [5.74, 6) is -0.460. The minimum atomic E-state index is -0.806. The molecule has 1 saturated heterocycles. The molecule has 24 heavy (non-hydrogen) atoms. The number of nitrogens with zero attached hydrogens (tertiary/aromatic N) is 1. The molecule has 1 aliphatic carbocycles. The highest BCUT2D eigenvalue weighted by atomic mass is 32.1. The Morgan fingerprint density at radius 2 is 2.25 bits per heavy atom. The molecule has 4 amide bonds. The van der Waals surface area contributed by atoms with Gasteiger partial charge in [-0.05, 0) is 42.7 Å². The lowest BCUT2D eigenvalue weighted by Crippen LogP contribution is -2.54. The molecule has 1 aromatic heterocycles. The van der Waals surface area contributed by atoms with Crippen LogP contribution in [0.25, 0.3) is 0 Å². The number of nitrogens with one attached hydrogen (secondary N) is 2. The summed E-state index contributed by atoms with van der Waals surface area (Å²) in [5, 5.41) is 7.63. The molecule has 0 bridgehead atoms. The second kappa shape index (κ2) is 6.55. The molecule has 2 N–H and O–H groups in total. The Morgan fingerprint density at radius 1 is 1.46 bits per heavy atom. The van der Waals surface area contributed by atoms with Crippen molar-refractivity contribution in [2.75, 3.05) is 6.54 Å². The standard InChI is InChI=1S/C17H23N3O3S/c1-11-6-8-24-13(11)9-18-14(21)10-20-15(22)17(19-16(20)23)7-4-3-5-12(17)2/h6,8,12H,3-5,7,9-10H2,1-2H3,(H,18,21)(H,19,23). The van der Waals surface area contributed by atoms with Gasteiger partial charge in [0.05, 0.1) is 6.54 Å². The molecule has 0 radical (unpaired) electrons. The van der Waals surface area contributed by atoms with Crippen LogP contribution in [0.15, 0.2) is 11.4 Å². The summed E-state index contributed by atoms with van der Waals surface area (Å²) >= 11 is 1.58. The molecule has 0 aromatic carbocycles. The van der Waals surface area contributed by atoms with Gasteiger partial charge < -0.3 is 10.6 Å². The van der Waals surface area contributed by atoms with Crippen molar-refractivity contribution < 1.29 is 14.4 Å². The molecule has 2 atom stereocenters. The van der Waals surface area contributed by atoms with Gasteiger partial charge in [0.25, 0.3) is 5.91 Å². The number of amides is 4. The molecule has 3 rings (SSSR count). The Morgan fingerprint density at radius 3 is 2.92 bits per heavy atom. The van der Waals surface area contributed by atoms with E-state index >= 15 is 0 Å². The third-order valence-electron chi connectivity index (χ3n) is 5.22. The highest BCUT2D eigenvalue weighted by Gasteiger charge is 2.55. The van der Waals surface area contributed by atoms with Crippen LogP contribution < -0.4 is 10.6 Å². The number of thiophene rings is 1. The number of carbonyl (C=O) groups is 3. The van der Waals surface area contributed by atoms with Crippen LogP contribution in [0, 0.1) is 12.8 Å². The maximum atomic E-state index is 12.8. The van der Waals surface area contributed by atoms with Crippen molar-refractivity contribution in [1.82, 2.24) is 15.5 Å². The van der Waals surface area contributed by atoms with E-state index in [1.807, 2.05) is 25.3 Å². The molecule has 2 unspecified atom stereocenters. The van der Waals surface area contributed by atoms with Crippen LogP contribution in [0.4, 0.5) is 4.79 Å². The monoisotopic (exact) mass is 349 g/mol. The predicted octanol–water partition coefficient (Wildman–Crippen LogP) is 2.17. The Balaban J connectivity index is 1.62. The zero-order valence-corrected chi connectivity index (χ0v) is 14.9. The van der Waals surface area contributed by atoms with Gasteiger partial charge in [-0.15, -0.1) is 11.3 Å². The zero-order chi connectivity index (χ0) is 17.3. The summed E-state index contributed by atoms with van der Waals surface area (Å²) in [7, 11) is 0. The molecule has 7 heteroatoms. The maximum absolute atomic E-state index is 12.8. The lowest BCUT2D eigenvalue weighted by atomic mass is 9.73. The summed E-state index contributed by atoms with van der Waals surface area (Å²) in [6.07, 6.45) is 3.58. The van der Waals surface area contributed by atoms with Gasteiger partial charge in [0.15, 0.2) is 0 Å². The summed E-state index contributed by atoms with van der Waals surface area (Å²) in [5.41, 5.74) is 0.324. The minimum absolute atomic E-state index is 0.101. The van der Waals surface area contributed by atoms with Crippen LogP contribution in [-0.2, 0) is 16.1 Å². The summed E-state index contributed by atoms with van der Waals surface area (Å²) in [6.45, 7) is 4.20.